The summed E-state index contributed by atoms with van der Waals surface area (Å²) in [6.07, 6.45) is 3.88. The second-order valence-corrected chi connectivity index (χ2v) is 10.4. The second kappa shape index (κ2) is 12.5. The number of hydrogen-bond donors (Lipinski definition) is 1. The van der Waals surface area contributed by atoms with E-state index in [1.807, 2.05) is 73.4 Å². The quantitative estimate of drug-likeness (QED) is 0.299. The number of hydrogen-bond acceptors (Lipinski definition) is 7. The highest BCUT2D eigenvalue weighted by molar-refractivity contribution is 5.89. The van der Waals surface area contributed by atoms with Crippen molar-refractivity contribution in [3.8, 4) is 16.9 Å². The smallest absolute Gasteiger partial charge is 0.337 e. The predicted octanol–water partition coefficient (Wildman–Crippen LogP) is 3.14. The van der Waals surface area contributed by atoms with Gasteiger partial charge in [0.15, 0.2) is 0 Å². The van der Waals surface area contributed by atoms with Crippen LogP contribution in [-0.4, -0.2) is 82.8 Å². The summed E-state index contributed by atoms with van der Waals surface area (Å²) in [5.74, 6) is -0.460. The van der Waals surface area contributed by atoms with Gasteiger partial charge in [0.05, 0.1) is 49.0 Å². The topological polar surface area (TPSA) is 104 Å². The van der Waals surface area contributed by atoms with Gasteiger partial charge in [-0.05, 0) is 42.3 Å². The first kappa shape index (κ1) is 28.3. The first-order chi connectivity index (χ1) is 19.9. The average Bonchev–Trinajstić information content (AvgIpc) is 3.69. The molecule has 1 saturated heterocycles. The van der Waals surface area contributed by atoms with E-state index in [-0.39, 0.29) is 30.3 Å². The molecule has 2 aromatic carbocycles. The lowest BCUT2D eigenvalue weighted by Gasteiger charge is -2.21. The number of benzene rings is 2. The molecule has 2 atom stereocenters. The van der Waals surface area contributed by atoms with Gasteiger partial charge in [0, 0.05) is 57.5 Å². The number of methoxy groups -OCH3 is 2. The van der Waals surface area contributed by atoms with Crippen molar-refractivity contribution >= 4 is 11.9 Å². The Kier molecular flexibility index (Phi) is 8.61. The third-order valence-electron chi connectivity index (χ3n) is 7.64. The van der Waals surface area contributed by atoms with Crippen LogP contribution >= 0.6 is 0 Å². The molecule has 10 nitrogen and oxygen atoms in total. The molecule has 0 unspecified atom stereocenters. The van der Waals surface area contributed by atoms with Crippen LogP contribution in [0.1, 0.15) is 33.1 Å². The highest BCUT2D eigenvalue weighted by Crippen LogP contribution is 2.30. The molecule has 1 amide bonds. The predicted molar refractivity (Wildman–Crippen MR) is 155 cm³/mol. The van der Waals surface area contributed by atoms with Gasteiger partial charge in [-0.15, -0.1) is 0 Å². The van der Waals surface area contributed by atoms with E-state index >= 15 is 0 Å². The highest BCUT2D eigenvalue weighted by Gasteiger charge is 2.35. The maximum atomic E-state index is 13.7. The van der Waals surface area contributed by atoms with E-state index in [9.17, 15) is 9.59 Å². The molecule has 1 fully saturated rings. The Morgan fingerprint density at radius 1 is 1.07 bits per heavy atom. The van der Waals surface area contributed by atoms with Crippen LogP contribution in [0.5, 0.6) is 0 Å². The number of esters is 1. The Hall–Kier alpha value is -4.28. The standard InChI is InChI=1S/C31H36N6O4/c1-21-28(37(25-11-6-5-7-12-25)34-30(21)24-17-32-35(2)18-24)16-29(38)33-27-20-36(13-14-40-3)19-26(27)22-9-8-10-23(15-22)31(39)41-4/h5-12,15,17-18,26-27H,13-14,16,19-20H2,1-4H3,(H,33,38)/t26-,27+/m0/s1. The minimum Gasteiger partial charge on any atom is -0.465 e. The van der Waals surface area contributed by atoms with Gasteiger partial charge in [0.2, 0.25) is 5.91 Å². The van der Waals surface area contributed by atoms with E-state index in [2.05, 4.69) is 15.3 Å². The summed E-state index contributed by atoms with van der Waals surface area (Å²) in [4.78, 5) is 28.2. The molecule has 10 heteroatoms. The van der Waals surface area contributed by atoms with Gasteiger partial charge in [-0.1, -0.05) is 30.3 Å². The lowest BCUT2D eigenvalue weighted by atomic mass is 9.92. The van der Waals surface area contributed by atoms with Crippen LogP contribution in [0.25, 0.3) is 16.9 Å². The van der Waals surface area contributed by atoms with Gasteiger partial charge in [0.25, 0.3) is 0 Å². The van der Waals surface area contributed by atoms with Gasteiger partial charge in [0.1, 0.15) is 0 Å². The maximum Gasteiger partial charge on any atom is 0.337 e. The van der Waals surface area contributed by atoms with Crippen LogP contribution in [0.4, 0.5) is 0 Å². The molecule has 3 heterocycles. The lowest BCUT2D eigenvalue weighted by molar-refractivity contribution is -0.121. The molecular weight excluding hydrogens is 520 g/mol. The fraction of sp³-hybridized carbons (Fsp3) is 0.355. The van der Waals surface area contributed by atoms with E-state index in [1.54, 1.807) is 24.1 Å². The molecule has 0 radical (unpaired) electrons. The van der Waals surface area contributed by atoms with Gasteiger partial charge in [-0.2, -0.15) is 10.2 Å². The maximum absolute atomic E-state index is 13.7. The molecule has 1 aliphatic rings. The van der Waals surface area contributed by atoms with Crippen molar-refractivity contribution < 1.29 is 19.1 Å². The van der Waals surface area contributed by atoms with E-state index < -0.39 is 0 Å². The molecule has 0 aliphatic carbocycles. The third-order valence-corrected chi connectivity index (χ3v) is 7.64. The van der Waals surface area contributed by atoms with Gasteiger partial charge in [-0.3, -0.25) is 14.4 Å². The minimum atomic E-state index is -0.379. The first-order valence-corrected chi connectivity index (χ1v) is 13.7. The number of likely N-dealkylation sites (tertiary alicyclic amines) is 1. The summed E-state index contributed by atoms with van der Waals surface area (Å²) >= 11 is 0. The zero-order chi connectivity index (χ0) is 28.9. The van der Waals surface area contributed by atoms with Crippen LogP contribution in [0, 0.1) is 6.92 Å². The van der Waals surface area contributed by atoms with Crippen molar-refractivity contribution in [1.29, 1.82) is 0 Å². The molecular formula is C31H36N6O4. The van der Waals surface area contributed by atoms with E-state index in [0.717, 1.165) is 46.9 Å². The SMILES string of the molecule is COCCN1C[C@@H](NC(=O)Cc2c(C)c(-c3cnn(C)c3)nn2-c2ccccc2)[C@H](c2cccc(C(=O)OC)c2)C1. The second-order valence-electron chi connectivity index (χ2n) is 10.4. The summed E-state index contributed by atoms with van der Waals surface area (Å²) < 4.78 is 13.8. The lowest BCUT2D eigenvalue weighted by Crippen LogP contribution is -2.41. The summed E-state index contributed by atoms with van der Waals surface area (Å²) in [7, 11) is 4.93. The van der Waals surface area contributed by atoms with Gasteiger partial charge in [-0.25, -0.2) is 9.48 Å². The Labute approximate surface area is 239 Å². The van der Waals surface area contributed by atoms with Crippen LogP contribution in [0.3, 0.4) is 0 Å². The van der Waals surface area contributed by atoms with Crippen molar-refractivity contribution in [2.45, 2.75) is 25.3 Å². The van der Waals surface area contributed by atoms with E-state index in [4.69, 9.17) is 14.6 Å². The molecule has 214 valence electrons. The monoisotopic (exact) mass is 556 g/mol. The number of nitrogens with zero attached hydrogens (tertiary/aromatic N) is 5. The Morgan fingerprint density at radius 3 is 2.59 bits per heavy atom. The number of nitrogens with one attached hydrogen (secondary N) is 1. The molecule has 5 rings (SSSR count). The molecule has 1 aliphatic heterocycles. The first-order valence-electron chi connectivity index (χ1n) is 13.7. The summed E-state index contributed by atoms with van der Waals surface area (Å²) in [5.41, 5.74) is 5.83. The van der Waals surface area contributed by atoms with Gasteiger partial charge < -0.3 is 14.8 Å². The van der Waals surface area contributed by atoms with E-state index in [1.165, 1.54) is 7.11 Å². The number of aromatic nitrogens is 4. The average molecular weight is 557 g/mol. The number of ether oxygens (including phenoxy) is 2. The number of aryl methyl sites for hydroxylation is 1. The molecule has 0 spiro atoms. The molecule has 4 aromatic rings. The van der Waals surface area contributed by atoms with E-state index in [0.29, 0.717) is 18.7 Å². The summed E-state index contributed by atoms with van der Waals surface area (Å²) in [5, 5.41) is 12.5. The van der Waals surface area contributed by atoms with Crippen LogP contribution < -0.4 is 5.32 Å². The molecule has 41 heavy (non-hydrogen) atoms. The number of rotatable bonds is 10. The fourth-order valence-corrected chi connectivity index (χ4v) is 5.54. The van der Waals surface area contributed by atoms with Crippen LogP contribution in [-0.2, 0) is 27.7 Å². The van der Waals surface area contributed by atoms with Crippen molar-refractivity contribution in [1.82, 2.24) is 29.8 Å². The molecule has 0 bridgehead atoms. The zero-order valence-corrected chi connectivity index (χ0v) is 23.9. The summed E-state index contributed by atoms with van der Waals surface area (Å²) in [6.45, 7) is 4.78. The van der Waals surface area contributed by atoms with Crippen LogP contribution in [0.2, 0.25) is 0 Å². The van der Waals surface area contributed by atoms with Crippen molar-refractivity contribution in [3.63, 3.8) is 0 Å². The van der Waals surface area contributed by atoms with Crippen molar-refractivity contribution in [2.24, 2.45) is 7.05 Å². The Balaban J connectivity index is 1.42. The Bertz CT molecular complexity index is 1510. The Morgan fingerprint density at radius 2 is 1.88 bits per heavy atom. The molecule has 0 saturated carbocycles. The van der Waals surface area contributed by atoms with Crippen molar-refractivity contribution in [3.05, 3.63) is 89.4 Å². The van der Waals surface area contributed by atoms with Crippen molar-refractivity contribution in [2.75, 3.05) is 40.5 Å². The molecule has 1 N–H and O–H groups in total. The minimum absolute atomic E-state index is 0.00602. The number of amides is 1. The summed E-state index contributed by atoms with van der Waals surface area (Å²) in [6, 6.07) is 17.2. The molecule has 2 aromatic heterocycles. The largest absolute Gasteiger partial charge is 0.465 e. The highest BCUT2D eigenvalue weighted by atomic mass is 16.5. The van der Waals surface area contributed by atoms with Crippen LogP contribution in [0.15, 0.2) is 67.0 Å². The number of para-hydroxylation sites is 1. The fourth-order valence-electron chi connectivity index (χ4n) is 5.54. The normalized spacial score (nSPS) is 17.1. The van der Waals surface area contributed by atoms with Gasteiger partial charge >= 0.3 is 5.97 Å². The zero-order valence-electron chi connectivity index (χ0n) is 23.9. The third kappa shape index (κ3) is 6.23. The number of carbonyl (C=O) groups excluding carboxylic acids is 2. The number of carbonyl (C=O) groups is 2.